The Morgan fingerprint density at radius 2 is 1.57 bits per heavy atom. The molecule has 0 aromatic carbocycles. The van der Waals surface area contributed by atoms with Gasteiger partial charge in [0, 0.05) is 16.7 Å². The number of carbonyl (C=O) groups excluding carboxylic acids is 2. The number of carbonyl (C=O) groups is 3. The van der Waals surface area contributed by atoms with Crippen LogP contribution in [-0.2, 0) is 14.4 Å². The van der Waals surface area contributed by atoms with Crippen LogP contribution >= 0.6 is 0 Å². The van der Waals surface area contributed by atoms with E-state index in [-0.39, 0.29) is 39.8 Å². The van der Waals surface area contributed by atoms with Crippen molar-refractivity contribution in [3.8, 4) is 6.07 Å². The lowest BCUT2D eigenvalue weighted by atomic mass is 9.31. The van der Waals surface area contributed by atoms with E-state index in [1.807, 2.05) is 26.0 Å². The van der Waals surface area contributed by atoms with Gasteiger partial charge in [-0.1, -0.05) is 67.0 Å². The molecule has 3 fully saturated rings. The molecule has 0 heterocycles. The molecule has 200 valence electrons. The monoisotopic (exact) mass is 505 g/mol. The van der Waals surface area contributed by atoms with E-state index < -0.39 is 33.0 Å². The fourth-order valence-corrected chi connectivity index (χ4v) is 10.9. The number of allylic oxidation sites excluding steroid dienone is 4. The average Bonchev–Trinajstić information content (AvgIpc) is 2.76. The van der Waals surface area contributed by atoms with Crippen molar-refractivity contribution in [2.45, 2.75) is 100 Å². The SMILES string of the molecule is CC1(C)CC[C@]2(C(=O)O)CC[C@]3(C)[C@H](C(=O)C=C4[C@@]5(C)C=C(C#N)C(=O)C(C)(C)C5CC[C@]43C)[C@]2(C)C1. The van der Waals surface area contributed by atoms with Gasteiger partial charge in [0.2, 0.25) is 0 Å². The minimum Gasteiger partial charge on any atom is -0.481 e. The molecule has 0 radical (unpaired) electrons. The van der Waals surface area contributed by atoms with Crippen molar-refractivity contribution in [3.63, 3.8) is 0 Å². The van der Waals surface area contributed by atoms with E-state index in [1.54, 1.807) is 0 Å². The molecule has 5 nitrogen and oxygen atoms in total. The Morgan fingerprint density at radius 3 is 2.16 bits per heavy atom. The summed E-state index contributed by atoms with van der Waals surface area (Å²) in [6.07, 6.45) is 8.86. The van der Waals surface area contributed by atoms with Crippen LogP contribution in [0.2, 0.25) is 0 Å². The quantitative estimate of drug-likeness (QED) is 0.429. The maximum atomic E-state index is 14.4. The predicted molar refractivity (Wildman–Crippen MR) is 141 cm³/mol. The fraction of sp³-hybridized carbons (Fsp3) is 0.750. The van der Waals surface area contributed by atoms with E-state index >= 15 is 0 Å². The number of carboxylic acid groups (broad SMARTS) is 1. The van der Waals surface area contributed by atoms with Crippen molar-refractivity contribution < 1.29 is 19.5 Å². The van der Waals surface area contributed by atoms with Crippen LogP contribution in [0.3, 0.4) is 0 Å². The zero-order chi connectivity index (χ0) is 27.6. The molecule has 5 rings (SSSR count). The van der Waals surface area contributed by atoms with E-state index in [2.05, 4.69) is 47.6 Å². The van der Waals surface area contributed by atoms with E-state index in [4.69, 9.17) is 0 Å². The van der Waals surface area contributed by atoms with E-state index in [1.165, 1.54) is 0 Å². The summed E-state index contributed by atoms with van der Waals surface area (Å²) in [6.45, 7) is 17.1. The molecule has 0 spiro atoms. The largest absolute Gasteiger partial charge is 0.481 e. The second-order valence-corrected chi connectivity index (χ2v) is 15.4. The third kappa shape index (κ3) is 2.88. The van der Waals surface area contributed by atoms with Crippen molar-refractivity contribution in [2.75, 3.05) is 0 Å². The number of Topliss-reactive ketones (excluding diaryl/α,β-unsaturated/α-hetero) is 1. The molecule has 5 aliphatic rings. The van der Waals surface area contributed by atoms with Crippen LogP contribution in [-0.4, -0.2) is 22.6 Å². The van der Waals surface area contributed by atoms with Crippen molar-refractivity contribution in [3.05, 3.63) is 23.3 Å². The Labute approximate surface area is 221 Å². The highest BCUT2D eigenvalue weighted by molar-refractivity contribution is 6.04. The molecule has 1 N–H and O–H groups in total. The average molecular weight is 506 g/mol. The summed E-state index contributed by atoms with van der Waals surface area (Å²) < 4.78 is 0. The maximum Gasteiger partial charge on any atom is 0.310 e. The lowest BCUT2D eigenvalue weighted by molar-refractivity contribution is -0.216. The lowest BCUT2D eigenvalue weighted by Crippen LogP contribution is -2.69. The van der Waals surface area contributed by atoms with Crippen LogP contribution in [0.25, 0.3) is 0 Å². The summed E-state index contributed by atoms with van der Waals surface area (Å²) in [6, 6.07) is 2.16. The molecule has 7 atom stereocenters. The van der Waals surface area contributed by atoms with E-state index in [0.717, 1.165) is 31.3 Å². The lowest BCUT2D eigenvalue weighted by Gasteiger charge is -2.71. The third-order valence-corrected chi connectivity index (χ3v) is 12.9. The molecule has 0 amide bonds. The van der Waals surface area contributed by atoms with Gasteiger partial charge in [-0.25, -0.2) is 0 Å². The number of nitrogens with zero attached hydrogens (tertiary/aromatic N) is 1. The van der Waals surface area contributed by atoms with Crippen molar-refractivity contribution >= 4 is 17.5 Å². The molecular formula is C32H43NO4. The first kappa shape index (κ1) is 26.4. The number of nitriles is 1. The van der Waals surface area contributed by atoms with Gasteiger partial charge in [0.1, 0.15) is 6.07 Å². The van der Waals surface area contributed by atoms with Gasteiger partial charge >= 0.3 is 5.97 Å². The van der Waals surface area contributed by atoms with Crippen molar-refractivity contribution in [1.29, 1.82) is 5.26 Å². The number of hydrogen-bond donors (Lipinski definition) is 1. The van der Waals surface area contributed by atoms with E-state index in [9.17, 15) is 24.8 Å². The van der Waals surface area contributed by atoms with Crippen LogP contribution in [0, 0.1) is 61.1 Å². The smallest absolute Gasteiger partial charge is 0.310 e. The third-order valence-electron chi connectivity index (χ3n) is 12.9. The molecule has 0 aromatic heterocycles. The van der Waals surface area contributed by atoms with Gasteiger partial charge in [0.05, 0.1) is 11.0 Å². The summed E-state index contributed by atoms with van der Waals surface area (Å²) in [7, 11) is 0. The van der Waals surface area contributed by atoms with Gasteiger partial charge in [-0.05, 0) is 78.6 Å². The molecule has 0 saturated heterocycles. The highest BCUT2D eigenvalue weighted by Crippen LogP contribution is 2.77. The maximum absolute atomic E-state index is 14.4. The first-order chi connectivity index (χ1) is 16.9. The number of fused-ring (bicyclic) bond motifs is 7. The number of rotatable bonds is 1. The summed E-state index contributed by atoms with van der Waals surface area (Å²) in [5, 5.41) is 20.5. The number of aliphatic carboxylic acids is 1. The highest BCUT2D eigenvalue weighted by atomic mass is 16.4. The first-order valence-corrected chi connectivity index (χ1v) is 14.0. The predicted octanol–water partition coefficient (Wildman–Crippen LogP) is 6.68. The Kier molecular flexibility index (Phi) is 5.17. The van der Waals surface area contributed by atoms with E-state index in [0.29, 0.717) is 19.3 Å². The molecule has 1 unspecified atom stereocenters. The molecule has 5 heteroatoms. The van der Waals surface area contributed by atoms with Crippen LogP contribution in [0.15, 0.2) is 23.3 Å². The van der Waals surface area contributed by atoms with Gasteiger partial charge < -0.3 is 5.11 Å². The Morgan fingerprint density at radius 1 is 0.946 bits per heavy atom. The summed E-state index contributed by atoms with van der Waals surface area (Å²) in [4.78, 5) is 40.6. The van der Waals surface area contributed by atoms with Gasteiger partial charge in [0.15, 0.2) is 11.6 Å². The number of carboxylic acids is 1. The summed E-state index contributed by atoms with van der Waals surface area (Å²) in [5.41, 5.74) is -2.33. The van der Waals surface area contributed by atoms with Crippen LogP contribution in [0.5, 0.6) is 0 Å². The second-order valence-electron chi connectivity index (χ2n) is 15.4. The van der Waals surface area contributed by atoms with Crippen molar-refractivity contribution in [2.24, 2.45) is 49.7 Å². The fourth-order valence-electron chi connectivity index (χ4n) is 10.9. The molecule has 0 aliphatic heterocycles. The Hall–Kier alpha value is -2.22. The summed E-state index contributed by atoms with van der Waals surface area (Å²) >= 11 is 0. The van der Waals surface area contributed by atoms with Gasteiger partial charge in [-0.2, -0.15) is 5.26 Å². The molecule has 3 saturated carbocycles. The first-order valence-electron chi connectivity index (χ1n) is 14.0. The Balaban J connectivity index is 1.75. The Bertz CT molecular complexity index is 1230. The van der Waals surface area contributed by atoms with Crippen LogP contribution < -0.4 is 0 Å². The summed E-state index contributed by atoms with van der Waals surface area (Å²) in [5.74, 6) is -1.18. The van der Waals surface area contributed by atoms with Crippen molar-refractivity contribution in [1.82, 2.24) is 0 Å². The minimum atomic E-state index is -0.891. The topological polar surface area (TPSA) is 95.2 Å². The minimum absolute atomic E-state index is 0.00257. The molecule has 0 bridgehead atoms. The standard InChI is InChI=1S/C32H43NO4/c1-26(2)11-13-32(25(36)37)14-12-30(7)23(31(32,8)18-26)20(34)15-22-28(5)16-19(17-33)24(35)27(3,4)21(28)9-10-29(22,30)6/h15-16,21,23H,9-14,18H2,1-8H3,(H,36,37)/t21?,23-,28-,29+,30+,31-,32+/m0/s1. The molecule has 37 heavy (non-hydrogen) atoms. The van der Waals surface area contributed by atoms with Gasteiger partial charge in [0.25, 0.3) is 0 Å². The number of hydrogen-bond acceptors (Lipinski definition) is 4. The van der Waals surface area contributed by atoms with Gasteiger partial charge in [-0.3, -0.25) is 14.4 Å². The van der Waals surface area contributed by atoms with Crippen LogP contribution in [0.4, 0.5) is 0 Å². The highest BCUT2D eigenvalue weighted by Gasteiger charge is 2.74. The zero-order valence-corrected chi connectivity index (χ0v) is 23.9. The molecular weight excluding hydrogens is 462 g/mol. The zero-order valence-electron chi connectivity index (χ0n) is 23.9. The van der Waals surface area contributed by atoms with Crippen LogP contribution in [0.1, 0.15) is 100 Å². The molecule has 5 aliphatic carbocycles. The normalized spacial score (nSPS) is 47.8. The van der Waals surface area contributed by atoms with Gasteiger partial charge in [-0.15, -0.1) is 0 Å². The molecule has 0 aromatic rings. The second kappa shape index (κ2) is 7.25. The number of ketones is 2.